The Morgan fingerprint density at radius 1 is 0.971 bits per heavy atom. The molecule has 6 nitrogen and oxygen atoms in total. The first kappa shape index (κ1) is 25.9. The number of hydrogen-bond acceptors (Lipinski definition) is 4. The zero-order valence-corrected chi connectivity index (χ0v) is 21.4. The van der Waals surface area contributed by atoms with Gasteiger partial charge in [0.1, 0.15) is 0 Å². The quantitative estimate of drug-likeness (QED) is 0.327. The van der Waals surface area contributed by atoms with Crippen molar-refractivity contribution in [1.82, 2.24) is 9.73 Å². The molecule has 0 aliphatic heterocycles. The molecule has 0 bridgehead atoms. The molecule has 0 aliphatic carbocycles. The van der Waals surface area contributed by atoms with Gasteiger partial charge in [-0.15, -0.1) is 0 Å². The third kappa shape index (κ3) is 6.45. The van der Waals surface area contributed by atoms with Crippen LogP contribution in [-0.4, -0.2) is 31.4 Å². The molecular formula is C25H25Cl2N3O3S. The molecule has 0 spiro atoms. The van der Waals surface area contributed by atoms with Crippen molar-refractivity contribution >= 4 is 45.3 Å². The van der Waals surface area contributed by atoms with E-state index in [2.05, 4.69) is 10.5 Å². The molecule has 3 aromatic rings. The van der Waals surface area contributed by atoms with E-state index < -0.39 is 22.5 Å². The van der Waals surface area contributed by atoms with Gasteiger partial charge in [0.05, 0.1) is 27.7 Å². The van der Waals surface area contributed by atoms with Gasteiger partial charge in [0.25, 0.3) is 5.91 Å². The van der Waals surface area contributed by atoms with E-state index in [-0.39, 0.29) is 11.4 Å². The predicted molar refractivity (Wildman–Crippen MR) is 137 cm³/mol. The van der Waals surface area contributed by atoms with Gasteiger partial charge in [-0.3, -0.25) is 4.79 Å². The highest BCUT2D eigenvalue weighted by atomic mass is 35.5. The number of benzene rings is 3. The fraction of sp³-hybridized carbons (Fsp3) is 0.200. The van der Waals surface area contributed by atoms with Gasteiger partial charge in [-0.25, -0.2) is 13.8 Å². The molecule has 1 N–H and O–H groups in total. The summed E-state index contributed by atoms with van der Waals surface area (Å²) in [6.45, 7) is 5.07. The lowest BCUT2D eigenvalue weighted by molar-refractivity contribution is -0.121. The van der Waals surface area contributed by atoms with Gasteiger partial charge in [-0.05, 0) is 55.2 Å². The molecule has 1 amide bonds. The molecule has 0 unspecified atom stereocenters. The maximum atomic E-state index is 13.7. The van der Waals surface area contributed by atoms with Crippen molar-refractivity contribution in [3.05, 3.63) is 98.5 Å². The van der Waals surface area contributed by atoms with Crippen LogP contribution >= 0.6 is 23.2 Å². The number of rotatable bonds is 8. The second-order valence-electron chi connectivity index (χ2n) is 7.95. The van der Waals surface area contributed by atoms with Crippen LogP contribution in [0.3, 0.4) is 0 Å². The molecule has 0 heterocycles. The van der Waals surface area contributed by atoms with Crippen LogP contribution in [0.5, 0.6) is 0 Å². The first-order valence-electron chi connectivity index (χ1n) is 10.5. The Labute approximate surface area is 210 Å². The fourth-order valence-corrected chi connectivity index (χ4v) is 5.79. The van der Waals surface area contributed by atoms with E-state index in [1.54, 1.807) is 32.0 Å². The fourth-order valence-electron chi connectivity index (χ4n) is 3.68. The number of sulfonamides is 1. The van der Waals surface area contributed by atoms with Crippen LogP contribution in [-0.2, 0) is 21.4 Å². The Kier molecular flexibility index (Phi) is 8.49. The molecule has 3 aromatic carbocycles. The third-order valence-corrected chi connectivity index (χ3v) is 7.91. The van der Waals surface area contributed by atoms with Crippen LogP contribution in [0.2, 0.25) is 10.0 Å². The molecule has 0 aliphatic rings. The highest BCUT2D eigenvalue weighted by Crippen LogP contribution is 2.26. The standard InChI is InChI=1S/C25H25Cl2N3O3S/c1-17-11-18(2)25(19(3)12-17)34(32,33)30(15-20-7-5-4-6-8-20)16-24(31)29-28-14-21-9-10-22(26)23(27)13-21/h4-14H,15-16H2,1-3H3,(H,29,31)/b28-14-. The number of carbonyl (C=O) groups is 1. The first-order chi connectivity index (χ1) is 16.1. The zero-order chi connectivity index (χ0) is 24.9. The molecular weight excluding hydrogens is 493 g/mol. The number of aryl methyl sites for hydroxylation is 3. The van der Waals surface area contributed by atoms with Crippen molar-refractivity contribution in [1.29, 1.82) is 0 Å². The minimum Gasteiger partial charge on any atom is -0.272 e. The molecule has 34 heavy (non-hydrogen) atoms. The Hall–Kier alpha value is -2.71. The maximum Gasteiger partial charge on any atom is 0.255 e. The van der Waals surface area contributed by atoms with Crippen LogP contribution in [0.15, 0.2) is 70.7 Å². The summed E-state index contributed by atoms with van der Waals surface area (Å²) in [6, 6.07) is 17.7. The minimum atomic E-state index is -3.97. The van der Waals surface area contributed by atoms with Crippen molar-refractivity contribution in [2.45, 2.75) is 32.2 Å². The van der Waals surface area contributed by atoms with Crippen molar-refractivity contribution in [3.8, 4) is 0 Å². The number of hydrazone groups is 1. The Bertz CT molecular complexity index is 1300. The number of hydrogen-bond donors (Lipinski definition) is 1. The minimum absolute atomic E-state index is 0.0415. The number of carbonyl (C=O) groups excluding carboxylic acids is 1. The topological polar surface area (TPSA) is 78.8 Å². The van der Waals surface area contributed by atoms with Gasteiger partial charge in [-0.1, -0.05) is 77.3 Å². The number of nitrogens with zero attached hydrogens (tertiary/aromatic N) is 2. The lowest BCUT2D eigenvalue weighted by Crippen LogP contribution is -2.39. The van der Waals surface area contributed by atoms with Gasteiger partial charge >= 0.3 is 0 Å². The normalized spacial score (nSPS) is 11.8. The lowest BCUT2D eigenvalue weighted by atomic mass is 10.1. The number of halogens is 2. The molecule has 0 radical (unpaired) electrons. The average molecular weight is 518 g/mol. The summed E-state index contributed by atoms with van der Waals surface area (Å²) in [6.07, 6.45) is 1.41. The van der Waals surface area contributed by atoms with Gasteiger partial charge in [-0.2, -0.15) is 9.41 Å². The SMILES string of the molecule is Cc1cc(C)c(S(=O)(=O)N(CC(=O)N/N=C\c2ccc(Cl)c(Cl)c2)Cc2ccccc2)c(C)c1. The van der Waals surface area contributed by atoms with Gasteiger partial charge in [0.2, 0.25) is 10.0 Å². The van der Waals surface area contributed by atoms with E-state index in [0.29, 0.717) is 26.7 Å². The average Bonchev–Trinajstić information content (AvgIpc) is 2.75. The molecule has 0 aromatic heterocycles. The van der Waals surface area contributed by atoms with Crippen molar-refractivity contribution in [2.75, 3.05) is 6.54 Å². The largest absolute Gasteiger partial charge is 0.272 e. The lowest BCUT2D eigenvalue weighted by Gasteiger charge is -2.24. The predicted octanol–water partition coefficient (Wildman–Crippen LogP) is 5.26. The van der Waals surface area contributed by atoms with Crippen LogP contribution in [0.1, 0.15) is 27.8 Å². The Morgan fingerprint density at radius 2 is 1.62 bits per heavy atom. The molecule has 3 rings (SSSR count). The van der Waals surface area contributed by atoms with E-state index in [4.69, 9.17) is 23.2 Å². The summed E-state index contributed by atoms with van der Waals surface area (Å²) in [4.78, 5) is 12.9. The summed E-state index contributed by atoms with van der Waals surface area (Å²) >= 11 is 11.9. The summed E-state index contributed by atoms with van der Waals surface area (Å²) in [5.74, 6) is -0.571. The number of nitrogens with one attached hydrogen (secondary N) is 1. The van der Waals surface area contributed by atoms with E-state index in [1.807, 2.05) is 49.4 Å². The summed E-state index contributed by atoms with van der Waals surface area (Å²) in [5.41, 5.74) is 6.03. The highest BCUT2D eigenvalue weighted by Gasteiger charge is 2.29. The van der Waals surface area contributed by atoms with E-state index in [1.165, 1.54) is 6.21 Å². The van der Waals surface area contributed by atoms with Crippen molar-refractivity contribution in [2.24, 2.45) is 5.10 Å². The summed E-state index contributed by atoms with van der Waals surface area (Å²) in [7, 11) is -3.97. The zero-order valence-electron chi connectivity index (χ0n) is 19.0. The van der Waals surface area contributed by atoms with Gasteiger partial charge < -0.3 is 0 Å². The molecule has 0 saturated heterocycles. The monoisotopic (exact) mass is 517 g/mol. The summed E-state index contributed by atoms with van der Waals surface area (Å²) < 4.78 is 28.5. The Balaban J connectivity index is 1.85. The number of amides is 1. The second kappa shape index (κ2) is 11.1. The molecule has 0 saturated carbocycles. The van der Waals surface area contributed by atoms with Gasteiger partial charge in [0.15, 0.2) is 0 Å². The van der Waals surface area contributed by atoms with Crippen LogP contribution < -0.4 is 5.43 Å². The van der Waals surface area contributed by atoms with E-state index in [9.17, 15) is 13.2 Å². The van der Waals surface area contributed by atoms with Crippen LogP contribution in [0, 0.1) is 20.8 Å². The second-order valence-corrected chi connectivity index (χ2v) is 10.6. The first-order valence-corrected chi connectivity index (χ1v) is 12.7. The molecule has 9 heteroatoms. The highest BCUT2D eigenvalue weighted by molar-refractivity contribution is 7.89. The smallest absolute Gasteiger partial charge is 0.255 e. The van der Waals surface area contributed by atoms with E-state index >= 15 is 0 Å². The van der Waals surface area contributed by atoms with E-state index in [0.717, 1.165) is 15.4 Å². The van der Waals surface area contributed by atoms with Crippen molar-refractivity contribution < 1.29 is 13.2 Å². The Morgan fingerprint density at radius 3 is 2.24 bits per heavy atom. The van der Waals surface area contributed by atoms with Crippen molar-refractivity contribution in [3.63, 3.8) is 0 Å². The van der Waals surface area contributed by atoms with Crippen LogP contribution in [0.4, 0.5) is 0 Å². The molecule has 0 atom stereocenters. The summed E-state index contributed by atoms with van der Waals surface area (Å²) in [5, 5.41) is 4.70. The molecule has 0 fully saturated rings. The van der Waals surface area contributed by atoms with Crippen LogP contribution in [0.25, 0.3) is 0 Å². The maximum absolute atomic E-state index is 13.7. The van der Waals surface area contributed by atoms with Gasteiger partial charge in [0, 0.05) is 6.54 Å². The third-order valence-electron chi connectivity index (χ3n) is 5.07. The molecule has 178 valence electrons.